The molecule has 1 aromatic heterocycles. The topological polar surface area (TPSA) is 17.1 Å². The van der Waals surface area contributed by atoms with Crippen molar-refractivity contribution in [2.45, 2.75) is 0 Å². The van der Waals surface area contributed by atoms with Crippen LogP contribution in [0.25, 0.3) is 0 Å². The molecule has 0 spiro atoms. The van der Waals surface area contributed by atoms with E-state index in [-0.39, 0.29) is 5.78 Å². The van der Waals surface area contributed by atoms with Crippen molar-refractivity contribution in [3.8, 4) is 0 Å². The summed E-state index contributed by atoms with van der Waals surface area (Å²) in [5.74, 6) is -0.264. The number of thiophene rings is 1. The Labute approximate surface area is 122 Å². The summed E-state index contributed by atoms with van der Waals surface area (Å²) >= 11 is 24.6. The smallest absolute Gasteiger partial charge is 0.196 e. The average Bonchev–Trinajstić information content (AvgIpc) is 2.57. The van der Waals surface area contributed by atoms with E-state index in [1.54, 1.807) is 12.1 Å². The van der Waals surface area contributed by atoms with Gasteiger partial charge in [0.15, 0.2) is 5.78 Å². The fourth-order valence-electron chi connectivity index (χ4n) is 1.31. The van der Waals surface area contributed by atoms with Crippen LogP contribution in [0.4, 0.5) is 0 Å². The van der Waals surface area contributed by atoms with Crippen molar-refractivity contribution in [2.75, 3.05) is 0 Å². The van der Waals surface area contributed by atoms with E-state index in [1.807, 2.05) is 0 Å². The molecule has 0 saturated carbocycles. The first-order valence-corrected chi connectivity index (χ1v) is 6.76. The normalized spacial score (nSPS) is 10.6. The molecule has 2 rings (SSSR count). The molecule has 0 fully saturated rings. The minimum absolute atomic E-state index is 0.264. The van der Waals surface area contributed by atoms with Crippen LogP contribution in [0.5, 0.6) is 0 Å². The molecule has 1 heterocycles. The summed E-state index contributed by atoms with van der Waals surface area (Å²) in [5.41, 5.74) is 0.707. The Bertz CT molecular complexity index is 591. The lowest BCUT2D eigenvalue weighted by Gasteiger charge is -2.02. The molecule has 1 nitrogen and oxygen atoms in total. The number of ketones is 1. The summed E-state index contributed by atoms with van der Waals surface area (Å²) in [4.78, 5) is 12.1. The predicted molar refractivity (Wildman–Crippen MR) is 74.2 cm³/mol. The largest absolute Gasteiger partial charge is 0.288 e. The molecule has 0 atom stereocenters. The number of carbonyl (C=O) groups is 1. The molecule has 17 heavy (non-hydrogen) atoms. The molecule has 0 aliphatic heterocycles. The van der Waals surface area contributed by atoms with Gasteiger partial charge >= 0.3 is 0 Å². The lowest BCUT2D eigenvalue weighted by Crippen LogP contribution is -2.01. The standard InChI is InChI=1S/C11H4Cl4OS/c12-5-1-2-6(8(13)3-5)10(16)7-4-9(14)17-11(7)15/h1-4H. The number of halogens is 4. The highest BCUT2D eigenvalue weighted by atomic mass is 35.5. The second-order valence-electron chi connectivity index (χ2n) is 3.19. The molecule has 0 N–H and O–H groups in total. The van der Waals surface area contributed by atoms with Crippen molar-refractivity contribution in [1.82, 2.24) is 0 Å². The maximum Gasteiger partial charge on any atom is 0.196 e. The van der Waals surface area contributed by atoms with Gasteiger partial charge in [0.2, 0.25) is 0 Å². The van der Waals surface area contributed by atoms with E-state index < -0.39 is 0 Å². The van der Waals surface area contributed by atoms with Gasteiger partial charge in [-0.15, -0.1) is 11.3 Å². The van der Waals surface area contributed by atoms with Gasteiger partial charge in [-0.2, -0.15) is 0 Å². The predicted octanol–water partition coefficient (Wildman–Crippen LogP) is 5.59. The monoisotopic (exact) mass is 324 g/mol. The first-order chi connectivity index (χ1) is 7.99. The number of hydrogen-bond donors (Lipinski definition) is 0. The number of carbonyl (C=O) groups excluding carboxylic acids is 1. The Hall–Kier alpha value is -0.250. The highest BCUT2D eigenvalue weighted by Gasteiger charge is 2.18. The van der Waals surface area contributed by atoms with Gasteiger partial charge in [-0.3, -0.25) is 4.79 Å². The van der Waals surface area contributed by atoms with Crippen LogP contribution in [0, 0.1) is 0 Å². The molecule has 0 amide bonds. The molecule has 0 saturated heterocycles. The highest BCUT2D eigenvalue weighted by Crippen LogP contribution is 2.34. The van der Waals surface area contributed by atoms with Crippen LogP contribution in [0.3, 0.4) is 0 Å². The minimum atomic E-state index is -0.264. The zero-order valence-corrected chi connectivity index (χ0v) is 12.0. The van der Waals surface area contributed by atoms with Gasteiger partial charge in [-0.1, -0.05) is 46.4 Å². The molecule has 0 aliphatic rings. The van der Waals surface area contributed by atoms with E-state index >= 15 is 0 Å². The minimum Gasteiger partial charge on any atom is -0.288 e. The molecule has 0 bridgehead atoms. The Morgan fingerprint density at radius 1 is 1.00 bits per heavy atom. The molecular weight excluding hydrogens is 322 g/mol. The number of hydrogen-bond acceptors (Lipinski definition) is 2. The number of benzene rings is 1. The maximum atomic E-state index is 12.1. The Kier molecular flexibility index (Phi) is 4.01. The van der Waals surface area contributed by atoms with Crippen molar-refractivity contribution < 1.29 is 4.79 Å². The van der Waals surface area contributed by atoms with Gasteiger partial charge in [0.05, 0.1) is 14.9 Å². The highest BCUT2D eigenvalue weighted by molar-refractivity contribution is 7.20. The van der Waals surface area contributed by atoms with E-state index in [0.717, 1.165) is 11.3 Å². The third-order valence-corrected chi connectivity index (χ3v) is 4.11. The van der Waals surface area contributed by atoms with E-state index in [9.17, 15) is 4.79 Å². The van der Waals surface area contributed by atoms with Crippen molar-refractivity contribution in [2.24, 2.45) is 0 Å². The summed E-state index contributed by atoms with van der Waals surface area (Å²) in [5, 5.41) is 0.766. The van der Waals surface area contributed by atoms with Crippen LogP contribution < -0.4 is 0 Å². The lowest BCUT2D eigenvalue weighted by molar-refractivity contribution is 0.103. The molecular formula is C11H4Cl4OS. The van der Waals surface area contributed by atoms with Gasteiger partial charge in [-0.05, 0) is 24.3 Å². The molecule has 0 radical (unpaired) electrons. The first-order valence-electron chi connectivity index (χ1n) is 4.43. The first kappa shape index (κ1) is 13.2. The lowest BCUT2D eigenvalue weighted by atomic mass is 10.1. The van der Waals surface area contributed by atoms with E-state index in [4.69, 9.17) is 46.4 Å². The van der Waals surface area contributed by atoms with Crippen LogP contribution in [0.2, 0.25) is 18.7 Å². The molecule has 0 aliphatic carbocycles. The van der Waals surface area contributed by atoms with Crippen LogP contribution in [0.1, 0.15) is 15.9 Å². The summed E-state index contributed by atoms with van der Waals surface area (Å²) in [7, 11) is 0. The SMILES string of the molecule is O=C(c1ccc(Cl)cc1Cl)c1cc(Cl)sc1Cl. The van der Waals surface area contributed by atoms with Gasteiger partial charge < -0.3 is 0 Å². The molecule has 1 aromatic carbocycles. The van der Waals surface area contributed by atoms with Crippen LogP contribution in [-0.2, 0) is 0 Å². The second-order valence-corrected chi connectivity index (χ2v) is 6.32. The van der Waals surface area contributed by atoms with E-state index in [0.29, 0.717) is 29.8 Å². The third-order valence-electron chi connectivity index (χ3n) is 2.08. The quantitative estimate of drug-likeness (QED) is 0.657. The summed E-state index contributed by atoms with van der Waals surface area (Å²) in [6.45, 7) is 0. The van der Waals surface area contributed by atoms with Crippen molar-refractivity contribution in [3.63, 3.8) is 0 Å². The van der Waals surface area contributed by atoms with Crippen LogP contribution in [0.15, 0.2) is 24.3 Å². The van der Waals surface area contributed by atoms with Crippen molar-refractivity contribution >= 4 is 63.5 Å². The zero-order chi connectivity index (χ0) is 12.6. The fourth-order valence-corrected chi connectivity index (χ4v) is 3.27. The molecule has 2 aromatic rings. The van der Waals surface area contributed by atoms with Gasteiger partial charge in [0.1, 0.15) is 4.34 Å². The van der Waals surface area contributed by atoms with Crippen LogP contribution >= 0.6 is 57.7 Å². The fraction of sp³-hybridized carbons (Fsp3) is 0. The van der Waals surface area contributed by atoms with E-state index in [2.05, 4.69) is 0 Å². The summed E-state index contributed by atoms with van der Waals surface area (Å²) < 4.78 is 0.814. The van der Waals surface area contributed by atoms with Crippen molar-refractivity contribution in [1.29, 1.82) is 0 Å². The van der Waals surface area contributed by atoms with E-state index in [1.165, 1.54) is 12.1 Å². The molecule has 88 valence electrons. The van der Waals surface area contributed by atoms with Crippen LogP contribution in [-0.4, -0.2) is 5.78 Å². The molecule has 6 heteroatoms. The van der Waals surface area contributed by atoms with Crippen molar-refractivity contribution in [3.05, 3.63) is 54.1 Å². The number of rotatable bonds is 2. The summed E-state index contributed by atoms with van der Waals surface area (Å²) in [6.07, 6.45) is 0. The zero-order valence-electron chi connectivity index (χ0n) is 8.14. The Morgan fingerprint density at radius 3 is 2.24 bits per heavy atom. The Morgan fingerprint density at radius 2 is 1.71 bits per heavy atom. The maximum absolute atomic E-state index is 12.1. The third kappa shape index (κ3) is 2.78. The molecule has 0 unspecified atom stereocenters. The van der Waals surface area contributed by atoms with Gasteiger partial charge in [0.25, 0.3) is 0 Å². The van der Waals surface area contributed by atoms with Gasteiger partial charge in [0, 0.05) is 10.6 Å². The second kappa shape index (κ2) is 5.17. The van der Waals surface area contributed by atoms with Gasteiger partial charge in [-0.25, -0.2) is 0 Å². The Balaban J connectivity index is 2.47. The average molecular weight is 326 g/mol. The summed E-state index contributed by atoms with van der Waals surface area (Å²) in [6, 6.07) is 6.21.